The van der Waals surface area contributed by atoms with E-state index in [1.165, 1.54) is 60.1 Å². The number of hydrogen-bond acceptors (Lipinski definition) is 3. The first-order valence-corrected chi connectivity index (χ1v) is 14.0. The number of piperidine rings is 2. The molecule has 3 aromatic rings. The second kappa shape index (κ2) is 12.1. The smallest absolute Gasteiger partial charge is 0.223 e. The molecule has 192 valence electrons. The van der Waals surface area contributed by atoms with Crippen molar-refractivity contribution in [3.8, 4) is 0 Å². The molecule has 5 nitrogen and oxygen atoms in total. The number of amides is 1. The van der Waals surface area contributed by atoms with E-state index in [0.717, 1.165) is 58.5 Å². The van der Waals surface area contributed by atoms with Gasteiger partial charge in [-0.15, -0.1) is 0 Å². The normalized spacial score (nSPS) is 18.0. The van der Waals surface area contributed by atoms with Gasteiger partial charge in [-0.1, -0.05) is 54.4 Å². The predicted molar refractivity (Wildman–Crippen MR) is 148 cm³/mol. The Bertz CT molecular complexity index is 1140. The van der Waals surface area contributed by atoms with Crippen molar-refractivity contribution in [1.82, 2.24) is 19.7 Å². The van der Waals surface area contributed by atoms with Crippen LogP contribution < -0.4 is 5.32 Å². The van der Waals surface area contributed by atoms with Crippen molar-refractivity contribution >= 4 is 16.8 Å². The molecule has 0 atom stereocenters. The summed E-state index contributed by atoms with van der Waals surface area (Å²) < 4.78 is 2.48. The number of nitrogens with one attached hydrogen (secondary N) is 1. The van der Waals surface area contributed by atoms with Crippen LogP contribution in [0, 0.1) is 12.8 Å². The van der Waals surface area contributed by atoms with Crippen LogP contribution in [0.3, 0.4) is 0 Å². The minimum atomic E-state index is 0.161. The summed E-state index contributed by atoms with van der Waals surface area (Å²) in [5.41, 5.74) is 5.30. The zero-order valence-corrected chi connectivity index (χ0v) is 21.9. The number of carbonyl (C=O) groups excluding carboxylic acids is 1. The van der Waals surface area contributed by atoms with Crippen LogP contribution in [0.4, 0.5) is 0 Å². The summed E-state index contributed by atoms with van der Waals surface area (Å²) >= 11 is 0. The fourth-order valence-corrected chi connectivity index (χ4v) is 6.00. The van der Waals surface area contributed by atoms with Gasteiger partial charge in [-0.25, -0.2) is 0 Å². The molecule has 0 radical (unpaired) electrons. The van der Waals surface area contributed by atoms with Gasteiger partial charge in [-0.2, -0.15) is 0 Å². The average molecular weight is 487 g/mol. The third-order valence-electron chi connectivity index (χ3n) is 8.06. The highest BCUT2D eigenvalue weighted by Gasteiger charge is 2.25. The number of nitrogens with zero attached hydrogens (tertiary/aromatic N) is 3. The number of fused-ring (bicyclic) bond motifs is 1. The number of aromatic nitrogens is 1. The fraction of sp³-hybridized carbons (Fsp3) is 0.516. The highest BCUT2D eigenvalue weighted by molar-refractivity contribution is 5.81. The first-order chi connectivity index (χ1) is 17.7. The number of carbonyl (C=O) groups is 1. The summed E-state index contributed by atoms with van der Waals surface area (Å²) in [5, 5.41) is 4.53. The summed E-state index contributed by atoms with van der Waals surface area (Å²) in [4.78, 5) is 17.8. The standard InChI is InChI=1S/C31H42N4O/c1-25-9-7-10-26(21-25)23-35-29(22-28-11-3-4-12-30(28)35)24-34-19-13-27(14-20-34)31(36)32-15-8-18-33-16-5-2-6-17-33/h3-4,7,9-12,21-22,27H,2,5-6,8,13-20,23-24H2,1H3,(H,32,36). The minimum Gasteiger partial charge on any atom is -0.356 e. The summed E-state index contributed by atoms with van der Waals surface area (Å²) in [6.45, 7) is 10.4. The molecule has 2 aromatic carbocycles. The largest absolute Gasteiger partial charge is 0.356 e. The van der Waals surface area contributed by atoms with Gasteiger partial charge >= 0.3 is 0 Å². The quantitative estimate of drug-likeness (QED) is 0.423. The number of hydrogen-bond donors (Lipinski definition) is 1. The number of aryl methyl sites for hydroxylation is 1. The molecular formula is C31H42N4O. The molecule has 0 spiro atoms. The van der Waals surface area contributed by atoms with Crippen LogP contribution in [0.1, 0.15) is 55.3 Å². The Morgan fingerprint density at radius 2 is 1.69 bits per heavy atom. The zero-order chi connectivity index (χ0) is 24.7. The predicted octanol–water partition coefficient (Wildman–Crippen LogP) is 5.20. The molecule has 0 bridgehead atoms. The summed E-state index contributed by atoms with van der Waals surface area (Å²) in [5.74, 6) is 0.427. The van der Waals surface area contributed by atoms with Gasteiger partial charge in [-0.05, 0) is 94.8 Å². The maximum atomic E-state index is 12.8. The Kier molecular flexibility index (Phi) is 8.40. The van der Waals surface area contributed by atoms with Crippen LogP contribution in [0.5, 0.6) is 0 Å². The van der Waals surface area contributed by atoms with E-state index in [4.69, 9.17) is 0 Å². The molecule has 2 aliphatic rings. The molecule has 1 N–H and O–H groups in total. The van der Waals surface area contributed by atoms with E-state index >= 15 is 0 Å². The minimum absolute atomic E-state index is 0.161. The molecule has 0 saturated carbocycles. The Labute approximate surface area is 216 Å². The van der Waals surface area contributed by atoms with Crippen molar-refractivity contribution in [3.63, 3.8) is 0 Å². The van der Waals surface area contributed by atoms with Crippen LogP contribution in [-0.4, -0.2) is 59.5 Å². The van der Waals surface area contributed by atoms with E-state index in [2.05, 4.69) is 81.2 Å². The van der Waals surface area contributed by atoms with Crippen molar-refractivity contribution in [2.75, 3.05) is 39.3 Å². The van der Waals surface area contributed by atoms with Gasteiger partial charge in [0.25, 0.3) is 0 Å². The van der Waals surface area contributed by atoms with Gasteiger partial charge in [0.2, 0.25) is 5.91 Å². The molecule has 1 aromatic heterocycles. The molecular weight excluding hydrogens is 444 g/mol. The van der Waals surface area contributed by atoms with Gasteiger partial charge in [0, 0.05) is 36.8 Å². The van der Waals surface area contributed by atoms with E-state index in [-0.39, 0.29) is 11.8 Å². The van der Waals surface area contributed by atoms with Gasteiger partial charge < -0.3 is 14.8 Å². The SMILES string of the molecule is Cc1cccc(Cn2c(CN3CCC(C(=O)NCCCN4CCCCC4)CC3)cc3ccccc32)c1. The molecule has 2 aliphatic heterocycles. The van der Waals surface area contributed by atoms with Gasteiger partial charge in [0.1, 0.15) is 0 Å². The summed E-state index contributed by atoms with van der Waals surface area (Å²) in [6, 6.07) is 19.9. The highest BCUT2D eigenvalue weighted by atomic mass is 16.1. The first kappa shape index (κ1) is 25.0. The lowest BCUT2D eigenvalue weighted by Gasteiger charge is -2.31. The fourth-order valence-electron chi connectivity index (χ4n) is 6.00. The lowest BCUT2D eigenvalue weighted by atomic mass is 9.95. The second-order valence-electron chi connectivity index (χ2n) is 10.9. The number of likely N-dealkylation sites (tertiary alicyclic amines) is 2. The topological polar surface area (TPSA) is 40.5 Å². The molecule has 3 heterocycles. The summed E-state index contributed by atoms with van der Waals surface area (Å²) in [6.07, 6.45) is 7.01. The molecule has 2 fully saturated rings. The van der Waals surface area contributed by atoms with Crippen LogP contribution in [-0.2, 0) is 17.9 Å². The van der Waals surface area contributed by atoms with Crippen LogP contribution in [0.25, 0.3) is 10.9 Å². The molecule has 2 saturated heterocycles. The highest BCUT2D eigenvalue weighted by Crippen LogP contribution is 2.25. The lowest BCUT2D eigenvalue weighted by molar-refractivity contribution is -0.126. The van der Waals surface area contributed by atoms with E-state index < -0.39 is 0 Å². The maximum Gasteiger partial charge on any atom is 0.223 e. The first-order valence-electron chi connectivity index (χ1n) is 14.0. The maximum absolute atomic E-state index is 12.8. The van der Waals surface area contributed by atoms with Crippen molar-refractivity contribution < 1.29 is 4.79 Å². The molecule has 0 unspecified atom stereocenters. The molecule has 1 amide bonds. The number of para-hydroxylation sites is 1. The Morgan fingerprint density at radius 1 is 0.889 bits per heavy atom. The van der Waals surface area contributed by atoms with E-state index in [0.29, 0.717) is 0 Å². The third-order valence-corrected chi connectivity index (χ3v) is 8.06. The van der Waals surface area contributed by atoms with Gasteiger partial charge in [0.15, 0.2) is 0 Å². The van der Waals surface area contributed by atoms with Crippen LogP contribution >= 0.6 is 0 Å². The van der Waals surface area contributed by atoms with Gasteiger partial charge in [-0.3, -0.25) is 9.69 Å². The van der Waals surface area contributed by atoms with Gasteiger partial charge in [0.05, 0.1) is 0 Å². The third kappa shape index (κ3) is 6.37. The number of rotatable bonds is 9. The van der Waals surface area contributed by atoms with E-state index in [1.54, 1.807) is 0 Å². The van der Waals surface area contributed by atoms with Crippen LogP contribution in [0.2, 0.25) is 0 Å². The monoisotopic (exact) mass is 486 g/mol. The molecule has 36 heavy (non-hydrogen) atoms. The lowest BCUT2D eigenvalue weighted by Crippen LogP contribution is -2.41. The average Bonchev–Trinajstić information content (AvgIpc) is 3.24. The molecule has 0 aliphatic carbocycles. The van der Waals surface area contributed by atoms with Crippen molar-refractivity contribution in [1.29, 1.82) is 0 Å². The Morgan fingerprint density at radius 3 is 2.50 bits per heavy atom. The zero-order valence-electron chi connectivity index (χ0n) is 21.9. The Hall–Kier alpha value is -2.63. The van der Waals surface area contributed by atoms with Crippen LogP contribution in [0.15, 0.2) is 54.6 Å². The Balaban J connectivity index is 1.14. The van der Waals surface area contributed by atoms with E-state index in [1.807, 2.05) is 0 Å². The van der Waals surface area contributed by atoms with Crippen molar-refractivity contribution in [2.45, 2.75) is 58.5 Å². The van der Waals surface area contributed by atoms with Crippen molar-refractivity contribution in [3.05, 3.63) is 71.4 Å². The molecule has 5 heteroatoms. The van der Waals surface area contributed by atoms with E-state index in [9.17, 15) is 4.79 Å². The second-order valence-corrected chi connectivity index (χ2v) is 10.9. The number of benzene rings is 2. The summed E-state index contributed by atoms with van der Waals surface area (Å²) in [7, 11) is 0. The molecule has 5 rings (SSSR count). The van der Waals surface area contributed by atoms with Crippen molar-refractivity contribution in [2.24, 2.45) is 5.92 Å².